The van der Waals surface area contributed by atoms with E-state index in [9.17, 15) is 9.90 Å². The van der Waals surface area contributed by atoms with Crippen LogP contribution < -0.4 is 0 Å². The predicted octanol–water partition coefficient (Wildman–Crippen LogP) is 0.546. The lowest BCUT2D eigenvalue weighted by atomic mass is 9.92. The Morgan fingerprint density at radius 3 is 3.09 bits per heavy atom. The van der Waals surface area contributed by atoms with E-state index < -0.39 is 5.60 Å². The number of carbonyl (C=O) groups is 1. The molecule has 1 amide bonds. The van der Waals surface area contributed by atoms with Gasteiger partial charge in [0.2, 0.25) is 0 Å². The van der Waals surface area contributed by atoms with E-state index in [-0.39, 0.29) is 12.5 Å². The number of hydrogen-bond donors (Lipinski definition) is 2. The van der Waals surface area contributed by atoms with E-state index in [1.165, 1.54) is 0 Å². The van der Waals surface area contributed by atoms with E-state index in [0.29, 0.717) is 31.1 Å². The van der Waals surface area contributed by atoms with Crippen LogP contribution in [0, 0.1) is 0 Å². The number of β-amino-alcohol motifs (C(OH)–C–C–N with tert-alkyl or cyclic N) is 1. The summed E-state index contributed by atoms with van der Waals surface area (Å²) in [5.74, 6) is 0.416. The van der Waals surface area contributed by atoms with E-state index in [0.717, 1.165) is 25.0 Å². The van der Waals surface area contributed by atoms with Crippen molar-refractivity contribution in [1.82, 2.24) is 30.1 Å². The highest BCUT2D eigenvalue weighted by atomic mass is 16.3. The highest BCUT2D eigenvalue weighted by molar-refractivity contribution is 5.92. The molecule has 1 aliphatic heterocycles. The number of likely N-dealkylation sites (tertiary alicyclic amines) is 1. The van der Waals surface area contributed by atoms with Gasteiger partial charge in [-0.15, -0.1) is 5.10 Å². The predicted molar refractivity (Wildman–Crippen MR) is 80.7 cm³/mol. The average molecular weight is 316 g/mol. The first-order valence-electron chi connectivity index (χ1n) is 8.04. The van der Waals surface area contributed by atoms with Crippen molar-refractivity contribution in [2.45, 2.75) is 43.7 Å². The number of carbonyl (C=O) groups excluding carboxylic acids is 1. The first-order chi connectivity index (χ1) is 11.1. The number of hydrogen-bond acceptors (Lipinski definition) is 5. The van der Waals surface area contributed by atoms with Gasteiger partial charge in [0, 0.05) is 24.4 Å². The normalized spacial score (nSPS) is 24.8. The van der Waals surface area contributed by atoms with Crippen molar-refractivity contribution in [1.29, 1.82) is 0 Å². The third kappa shape index (κ3) is 2.98. The molecule has 0 aromatic carbocycles. The van der Waals surface area contributed by atoms with Crippen molar-refractivity contribution in [2.75, 3.05) is 13.1 Å². The summed E-state index contributed by atoms with van der Waals surface area (Å²) in [7, 11) is 0. The Morgan fingerprint density at radius 1 is 1.48 bits per heavy atom. The van der Waals surface area contributed by atoms with Crippen molar-refractivity contribution >= 4 is 5.91 Å². The molecule has 8 heteroatoms. The standard InChI is InChI=1S/C15H20N6O2/c22-14(13-8-12(17-18-13)11-2-3-11)20-6-1-4-15(23,9-20)10-21-7-5-16-19-21/h5,7-8,11,23H,1-4,6,9-10H2,(H,17,18). The van der Waals surface area contributed by atoms with Gasteiger partial charge in [0.15, 0.2) is 0 Å². The van der Waals surface area contributed by atoms with Gasteiger partial charge >= 0.3 is 0 Å². The molecule has 0 spiro atoms. The van der Waals surface area contributed by atoms with Gasteiger partial charge in [-0.1, -0.05) is 5.21 Å². The Labute approximate surface area is 133 Å². The van der Waals surface area contributed by atoms with Crippen molar-refractivity contribution < 1.29 is 9.90 Å². The molecule has 2 N–H and O–H groups in total. The van der Waals surface area contributed by atoms with E-state index in [2.05, 4.69) is 20.5 Å². The largest absolute Gasteiger partial charge is 0.386 e. The minimum absolute atomic E-state index is 0.120. The molecule has 2 aromatic rings. The first kappa shape index (κ1) is 14.4. The fourth-order valence-electron chi connectivity index (χ4n) is 3.25. The molecule has 23 heavy (non-hydrogen) atoms. The molecule has 2 aromatic heterocycles. The van der Waals surface area contributed by atoms with Crippen molar-refractivity contribution in [2.24, 2.45) is 0 Å². The van der Waals surface area contributed by atoms with Crippen LogP contribution in [0.25, 0.3) is 0 Å². The summed E-state index contributed by atoms with van der Waals surface area (Å²) < 4.78 is 1.60. The molecule has 1 saturated heterocycles. The fourth-order valence-corrected chi connectivity index (χ4v) is 3.25. The smallest absolute Gasteiger partial charge is 0.274 e. The van der Waals surface area contributed by atoms with E-state index in [4.69, 9.17) is 0 Å². The Hall–Kier alpha value is -2.22. The second-order valence-electron chi connectivity index (χ2n) is 6.64. The summed E-state index contributed by atoms with van der Waals surface area (Å²) in [5, 5.41) is 25.6. The Bertz CT molecular complexity index is 693. The number of piperidine rings is 1. The zero-order chi connectivity index (χ0) is 15.9. The zero-order valence-corrected chi connectivity index (χ0v) is 12.9. The van der Waals surface area contributed by atoms with E-state index in [1.54, 1.807) is 22.0 Å². The van der Waals surface area contributed by atoms with Crippen LogP contribution in [0.3, 0.4) is 0 Å². The topological polar surface area (TPSA) is 99.9 Å². The summed E-state index contributed by atoms with van der Waals surface area (Å²) in [5.41, 5.74) is 0.511. The molecular weight excluding hydrogens is 296 g/mol. The van der Waals surface area contributed by atoms with Gasteiger partial charge in [-0.25, -0.2) is 4.68 Å². The molecule has 122 valence electrons. The van der Waals surface area contributed by atoms with Gasteiger partial charge in [-0.3, -0.25) is 9.89 Å². The lowest BCUT2D eigenvalue weighted by Crippen LogP contribution is -2.52. The van der Waals surface area contributed by atoms with Crippen LogP contribution in [-0.2, 0) is 6.54 Å². The second kappa shape index (κ2) is 5.45. The highest BCUT2D eigenvalue weighted by Gasteiger charge is 2.37. The van der Waals surface area contributed by atoms with Crippen LogP contribution in [0.4, 0.5) is 0 Å². The van der Waals surface area contributed by atoms with Gasteiger partial charge < -0.3 is 10.0 Å². The minimum Gasteiger partial charge on any atom is -0.386 e. The molecule has 1 saturated carbocycles. The summed E-state index contributed by atoms with van der Waals surface area (Å²) in [6.45, 7) is 1.27. The molecule has 2 aliphatic rings. The van der Waals surface area contributed by atoms with Crippen LogP contribution in [-0.4, -0.2) is 59.8 Å². The van der Waals surface area contributed by atoms with E-state index >= 15 is 0 Å². The van der Waals surface area contributed by atoms with Crippen LogP contribution in [0.2, 0.25) is 0 Å². The third-order valence-corrected chi connectivity index (χ3v) is 4.60. The lowest BCUT2D eigenvalue weighted by molar-refractivity contribution is -0.0388. The van der Waals surface area contributed by atoms with Gasteiger partial charge in [0.25, 0.3) is 5.91 Å². The summed E-state index contributed by atoms with van der Waals surface area (Å²) in [6, 6.07) is 1.85. The number of rotatable bonds is 4. The maximum Gasteiger partial charge on any atom is 0.274 e. The number of aromatic nitrogens is 5. The number of nitrogens with one attached hydrogen (secondary N) is 1. The highest BCUT2D eigenvalue weighted by Crippen LogP contribution is 2.39. The summed E-state index contributed by atoms with van der Waals surface area (Å²) >= 11 is 0. The van der Waals surface area contributed by atoms with Crippen LogP contribution >= 0.6 is 0 Å². The molecule has 1 aliphatic carbocycles. The minimum atomic E-state index is -0.975. The molecule has 4 rings (SSSR count). The molecular formula is C15H20N6O2. The maximum atomic E-state index is 12.6. The quantitative estimate of drug-likeness (QED) is 0.858. The van der Waals surface area contributed by atoms with Gasteiger partial charge in [0.1, 0.15) is 11.3 Å². The van der Waals surface area contributed by atoms with Crippen molar-refractivity contribution in [3.8, 4) is 0 Å². The number of aliphatic hydroxyl groups is 1. The number of H-pyrrole nitrogens is 1. The second-order valence-corrected chi connectivity index (χ2v) is 6.64. The maximum absolute atomic E-state index is 12.6. The molecule has 0 bridgehead atoms. The van der Waals surface area contributed by atoms with Crippen LogP contribution in [0.15, 0.2) is 18.5 Å². The molecule has 1 atom stereocenters. The fraction of sp³-hybridized carbons (Fsp3) is 0.600. The van der Waals surface area contributed by atoms with Crippen molar-refractivity contribution in [3.63, 3.8) is 0 Å². The molecule has 0 radical (unpaired) electrons. The summed E-state index contributed by atoms with van der Waals surface area (Å²) in [4.78, 5) is 14.3. The first-order valence-corrected chi connectivity index (χ1v) is 8.04. The molecule has 2 fully saturated rings. The van der Waals surface area contributed by atoms with Crippen molar-refractivity contribution in [3.05, 3.63) is 29.8 Å². The third-order valence-electron chi connectivity index (χ3n) is 4.60. The van der Waals surface area contributed by atoms with Crippen LogP contribution in [0.5, 0.6) is 0 Å². The lowest BCUT2D eigenvalue weighted by Gasteiger charge is -2.38. The monoisotopic (exact) mass is 316 g/mol. The Morgan fingerprint density at radius 2 is 2.35 bits per heavy atom. The Balaban J connectivity index is 1.46. The Kier molecular flexibility index (Phi) is 3.41. The molecule has 8 nitrogen and oxygen atoms in total. The average Bonchev–Trinajstić information content (AvgIpc) is 3.06. The van der Waals surface area contributed by atoms with E-state index in [1.807, 2.05) is 6.07 Å². The summed E-state index contributed by atoms with van der Waals surface area (Å²) in [6.07, 6.45) is 7.03. The number of nitrogens with zero attached hydrogens (tertiary/aromatic N) is 5. The van der Waals surface area contributed by atoms with Gasteiger partial charge in [-0.05, 0) is 31.7 Å². The zero-order valence-electron chi connectivity index (χ0n) is 12.9. The molecule has 3 heterocycles. The SMILES string of the molecule is O=C(c1cc(C2CC2)[nH]n1)N1CCCC(O)(Cn2ccnn2)C1. The van der Waals surface area contributed by atoms with Crippen LogP contribution in [0.1, 0.15) is 47.8 Å². The van der Waals surface area contributed by atoms with Gasteiger partial charge in [0.05, 0.1) is 19.3 Å². The molecule has 1 unspecified atom stereocenters. The number of aromatic amines is 1. The number of amides is 1. The van der Waals surface area contributed by atoms with Gasteiger partial charge in [-0.2, -0.15) is 5.10 Å².